The van der Waals surface area contributed by atoms with Crippen molar-refractivity contribution in [2.24, 2.45) is 0 Å². The third-order valence-electron chi connectivity index (χ3n) is 3.33. The topological polar surface area (TPSA) is 99.4 Å². The molecule has 6 nitrogen and oxygen atoms in total. The van der Waals surface area contributed by atoms with Gasteiger partial charge in [0.15, 0.2) is 6.29 Å². The highest BCUT2D eigenvalue weighted by molar-refractivity contribution is 5.05. The van der Waals surface area contributed by atoms with E-state index in [2.05, 4.69) is 13.2 Å². The lowest BCUT2D eigenvalue weighted by molar-refractivity contribution is -0.341. The minimum atomic E-state index is -1.81. The Hall–Kier alpha value is -0.760. The number of hydrogen-bond donors (Lipinski definition) is 4. The van der Waals surface area contributed by atoms with Crippen molar-refractivity contribution in [3.05, 3.63) is 25.3 Å². The molecular weight excluding hydrogens is 252 g/mol. The van der Waals surface area contributed by atoms with Crippen LogP contribution >= 0.6 is 0 Å². The van der Waals surface area contributed by atoms with E-state index < -0.39 is 36.3 Å². The van der Waals surface area contributed by atoms with Crippen molar-refractivity contribution >= 4 is 0 Å². The number of aliphatic hydroxyl groups is 4. The molecule has 1 rings (SSSR count). The van der Waals surface area contributed by atoms with Gasteiger partial charge < -0.3 is 29.9 Å². The molecule has 6 heteroatoms. The van der Waals surface area contributed by atoms with Crippen LogP contribution in [0.15, 0.2) is 25.3 Å². The molecule has 0 aromatic heterocycles. The molecule has 0 spiro atoms. The lowest BCUT2D eigenvalue weighted by Crippen LogP contribution is -2.68. The van der Waals surface area contributed by atoms with Crippen LogP contribution in [-0.2, 0) is 9.47 Å². The van der Waals surface area contributed by atoms with Crippen molar-refractivity contribution < 1.29 is 29.9 Å². The molecule has 6 atom stereocenters. The monoisotopic (exact) mass is 274 g/mol. The summed E-state index contributed by atoms with van der Waals surface area (Å²) < 4.78 is 10.4. The maximum Gasteiger partial charge on any atom is 0.189 e. The summed E-state index contributed by atoms with van der Waals surface area (Å²) in [6.45, 7) is 6.97. The lowest BCUT2D eigenvalue weighted by Gasteiger charge is -2.48. The van der Waals surface area contributed by atoms with Crippen molar-refractivity contribution in [1.29, 1.82) is 0 Å². The van der Waals surface area contributed by atoms with Gasteiger partial charge in [0.25, 0.3) is 0 Å². The third-order valence-corrected chi connectivity index (χ3v) is 3.33. The van der Waals surface area contributed by atoms with Gasteiger partial charge in [-0.15, -0.1) is 13.2 Å². The molecule has 1 aliphatic heterocycles. The molecule has 1 fully saturated rings. The molecule has 0 aliphatic carbocycles. The van der Waals surface area contributed by atoms with Gasteiger partial charge in [0, 0.05) is 13.5 Å². The zero-order valence-electron chi connectivity index (χ0n) is 11.0. The average Bonchev–Trinajstić information content (AvgIpc) is 2.37. The van der Waals surface area contributed by atoms with E-state index in [1.54, 1.807) is 0 Å². The van der Waals surface area contributed by atoms with Crippen LogP contribution in [0.4, 0.5) is 0 Å². The van der Waals surface area contributed by atoms with E-state index >= 15 is 0 Å². The first-order valence-electron chi connectivity index (χ1n) is 6.09. The van der Waals surface area contributed by atoms with Crippen molar-refractivity contribution in [2.75, 3.05) is 7.11 Å². The second kappa shape index (κ2) is 6.60. The van der Waals surface area contributed by atoms with Gasteiger partial charge in [-0.25, -0.2) is 0 Å². The molecule has 0 saturated carbocycles. The number of rotatable bonds is 6. The van der Waals surface area contributed by atoms with E-state index in [0.717, 1.165) is 0 Å². The molecule has 0 aromatic carbocycles. The van der Waals surface area contributed by atoms with Crippen molar-refractivity contribution in [3.63, 3.8) is 0 Å². The van der Waals surface area contributed by atoms with Crippen LogP contribution in [0.5, 0.6) is 0 Å². The van der Waals surface area contributed by atoms with Gasteiger partial charge in [0.1, 0.15) is 23.9 Å². The van der Waals surface area contributed by atoms with Gasteiger partial charge in [-0.3, -0.25) is 0 Å². The molecule has 1 heterocycles. The maximum atomic E-state index is 10.4. The zero-order chi connectivity index (χ0) is 14.6. The predicted octanol–water partition coefficient (Wildman–Crippen LogP) is -0.676. The molecule has 1 aliphatic rings. The standard InChI is InChI=1S/C13H22O6/c1-4-6-8(14)10-9(15)11(16)13(17,7-5-2)12(18-3)19-10/h4-5,8-12,14-17H,1-2,6-7H2,3H3/t8?,9-,10+,11-,12-,13+/m0/s1. The molecule has 1 unspecified atom stereocenters. The maximum absolute atomic E-state index is 10.4. The predicted molar refractivity (Wildman–Crippen MR) is 68.3 cm³/mol. The molecule has 110 valence electrons. The first-order valence-corrected chi connectivity index (χ1v) is 6.09. The van der Waals surface area contributed by atoms with Crippen LogP contribution in [0.2, 0.25) is 0 Å². The van der Waals surface area contributed by atoms with Gasteiger partial charge in [-0.05, 0) is 6.42 Å². The van der Waals surface area contributed by atoms with E-state index in [4.69, 9.17) is 9.47 Å². The van der Waals surface area contributed by atoms with Crippen LogP contribution < -0.4 is 0 Å². The smallest absolute Gasteiger partial charge is 0.189 e. The Balaban J connectivity index is 2.96. The highest BCUT2D eigenvalue weighted by Gasteiger charge is 2.55. The summed E-state index contributed by atoms with van der Waals surface area (Å²) >= 11 is 0. The van der Waals surface area contributed by atoms with Crippen LogP contribution in [-0.4, -0.2) is 63.8 Å². The largest absolute Gasteiger partial charge is 0.390 e. The Morgan fingerprint density at radius 1 is 1.37 bits per heavy atom. The Kier molecular flexibility index (Phi) is 5.66. The fraction of sp³-hybridized carbons (Fsp3) is 0.692. The zero-order valence-corrected chi connectivity index (χ0v) is 11.0. The second-order valence-corrected chi connectivity index (χ2v) is 4.68. The average molecular weight is 274 g/mol. The van der Waals surface area contributed by atoms with Gasteiger partial charge in [-0.2, -0.15) is 0 Å². The van der Waals surface area contributed by atoms with Crippen LogP contribution in [0, 0.1) is 0 Å². The Morgan fingerprint density at radius 2 is 2.00 bits per heavy atom. The van der Waals surface area contributed by atoms with Gasteiger partial charge in [0.05, 0.1) is 6.10 Å². The van der Waals surface area contributed by atoms with Crippen molar-refractivity contribution in [1.82, 2.24) is 0 Å². The van der Waals surface area contributed by atoms with E-state index in [9.17, 15) is 20.4 Å². The molecule has 4 N–H and O–H groups in total. The van der Waals surface area contributed by atoms with Crippen LogP contribution in [0.1, 0.15) is 12.8 Å². The summed E-state index contributed by atoms with van der Waals surface area (Å²) in [6.07, 6.45) is -3.21. The summed E-state index contributed by atoms with van der Waals surface area (Å²) in [4.78, 5) is 0. The quantitative estimate of drug-likeness (QED) is 0.479. The molecule has 0 aromatic rings. The van der Waals surface area contributed by atoms with E-state index in [1.165, 1.54) is 19.3 Å². The summed E-state index contributed by atoms with van der Waals surface area (Å²) in [5.41, 5.74) is -1.81. The number of ether oxygens (including phenoxy) is 2. The molecule has 0 amide bonds. The van der Waals surface area contributed by atoms with Crippen LogP contribution in [0.25, 0.3) is 0 Å². The van der Waals surface area contributed by atoms with E-state index in [1.807, 2.05) is 0 Å². The Labute approximate surface area is 112 Å². The number of aliphatic hydroxyl groups excluding tert-OH is 3. The van der Waals surface area contributed by atoms with Gasteiger partial charge in [-0.1, -0.05) is 12.2 Å². The van der Waals surface area contributed by atoms with E-state index in [-0.39, 0.29) is 12.8 Å². The minimum absolute atomic E-state index is 0.0198. The lowest BCUT2D eigenvalue weighted by atomic mass is 9.82. The summed E-state index contributed by atoms with van der Waals surface area (Å²) in [6, 6.07) is 0. The number of hydrogen-bond acceptors (Lipinski definition) is 6. The first-order chi connectivity index (χ1) is 8.92. The summed E-state index contributed by atoms with van der Waals surface area (Å²) in [5, 5.41) is 40.3. The van der Waals surface area contributed by atoms with E-state index in [0.29, 0.717) is 0 Å². The molecule has 1 saturated heterocycles. The van der Waals surface area contributed by atoms with Gasteiger partial charge in [0.2, 0.25) is 0 Å². The van der Waals surface area contributed by atoms with Crippen LogP contribution in [0.3, 0.4) is 0 Å². The van der Waals surface area contributed by atoms with Gasteiger partial charge >= 0.3 is 0 Å². The highest BCUT2D eigenvalue weighted by atomic mass is 16.7. The van der Waals surface area contributed by atoms with Crippen molar-refractivity contribution in [3.8, 4) is 0 Å². The molecular formula is C13H22O6. The SMILES string of the molecule is C=CCC(O)[C@H]1O[C@H](OC)[C@@](O)(CC=C)[C@@H](O)[C@H]1O. The molecule has 0 radical (unpaired) electrons. The third kappa shape index (κ3) is 3.05. The fourth-order valence-corrected chi connectivity index (χ4v) is 2.29. The fourth-order valence-electron chi connectivity index (χ4n) is 2.29. The second-order valence-electron chi connectivity index (χ2n) is 4.68. The summed E-state index contributed by atoms with van der Waals surface area (Å²) in [7, 11) is 1.31. The number of methoxy groups -OCH3 is 1. The summed E-state index contributed by atoms with van der Waals surface area (Å²) in [5.74, 6) is 0. The molecule has 0 bridgehead atoms. The normalized spacial score (nSPS) is 40.7. The minimum Gasteiger partial charge on any atom is -0.390 e. The highest BCUT2D eigenvalue weighted by Crippen LogP contribution is 2.34. The molecule has 19 heavy (non-hydrogen) atoms. The van der Waals surface area contributed by atoms with Crippen molar-refractivity contribution in [2.45, 2.75) is 49.1 Å². The first kappa shape index (κ1) is 16.3. The Bertz CT molecular complexity index is 314. The Morgan fingerprint density at radius 3 is 2.47 bits per heavy atom.